The molecule has 0 fully saturated rings. The van der Waals surface area contributed by atoms with E-state index >= 15 is 0 Å². The second-order valence-electron chi connectivity index (χ2n) is 6.98. The predicted molar refractivity (Wildman–Crippen MR) is 114 cm³/mol. The van der Waals surface area contributed by atoms with Crippen LogP contribution in [0.4, 0.5) is 0 Å². The van der Waals surface area contributed by atoms with Gasteiger partial charge in [-0.1, -0.05) is 42.5 Å². The van der Waals surface area contributed by atoms with E-state index in [9.17, 15) is 13.2 Å². The minimum Gasteiger partial charge on any atom is -0.268 e. The first kappa shape index (κ1) is 19.8. The minimum absolute atomic E-state index is 0.0303. The number of carbonyl (C=O) groups excluding carboxylic acids is 1. The molecule has 7 nitrogen and oxygen atoms in total. The van der Waals surface area contributed by atoms with Crippen LogP contribution in [0.3, 0.4) is 0 Å². The second-order valence-corrected chi connectivity index (χ2v) is 8.63. The van der Waals surface area contributed by atoms with Crippen molar-refractivity contribution in [2.24, 2.45) is 0 Å². The van der Waals surface area contributed by atoms with E-state index in [2.05, 4.69) is 14.8 Å². The molecule has 2 heterocycles. The van der Waals surface area contributed by atoms with Gasteiger partial charge in [0.15, 0.2) is 0 Å². The SMILES string of the molecule is Cc1nn(Cc2ccccc2)c(C)c1C(=O)NS(=O)(=O)c1cccc2cnccc12. The summed E-state index contributed by atoms with van der Waals surface area (Å²) >= 11 is 0. The molecule has 1 N–H and O–H groups in total. The third kappa shape index (κ3) is 3.69. The van der Waals surface area contributed by atoms with Crippen molar-refractivity contribution >= 4 is 26.7 Å². The quantitative estimate of drug-likeness (QED) is 0.535. The summed E-state index contributed by atoms with van der Waals surface area (Å²) in [7, 11) is -4.08. The van der Waals surface area contributed by atoms with Crippen LogP contribution in [0.25, 0.3) is 10.8 Å². The smallest absolute Gasteiger partial charge is 0.268 e. The normalized spacial score (nSPS) is 11.5. The van der Waals surface area contributed by atoms with Gasteiger partial charge in [0.2, 0.25) is 0 Å². The number of rotatable bonds is 5. The Morgan fingerprint density at radius 1 is 1.03 bits per heavy atom. The summed E-state index contributed by atoms with van der Waals surface area (Å²) in [5.41, 5.74) is 2.37. The van der Waals surface area contributed by atoms with Crippen molar-refractivity contribution in [3.8, 4) is 0 Å². The zero-order valence-corrected chi connectivity index (χ0v) is 17.3. The fourth-order valence-corrected chi connectivity index (χ4v) is 4.68. The second kappa shape index (κ2) is 7.72. The number of benzene rings is 2. The van der Waals surface area contributed by atoms with Gasteiger partial charge < -0.3 is 0 Å². The molecule has 0 unspecified atom stereocenters. The van der Waals surface area contributed by atoms with Crippen LogP contribution >= 0.6 is 0 Å². The van der Waals surface area contributed by atoms with E-state index in [4.69, 9.17) is 0 Å². The van der Waals surface area contributed by atoms with Crippen LogP contribution in [0.15, 0.2) is 71.9 Å². The van der Waals surface area contributed by atoms with Gasteiger partial charge in [0.25, 0.3) is 15.9 Å². The van der Waals surface area contributed by atoms with E-state index in [1.54, 1.807) is 42.9 Å². The molecule has 2 aromatic carbocycles. The van der Waals surface area contributed by atoms with Gasteiger partial charge in [0, 0.05) is 28.9 Å². The van der Waals surface area contributed by atoms with E-state index in [1.165, 1.54) is 12.3 Å². The molecule has 0 radical (unpaired) electrons. The van der Waals surface area contributed by atoms with Gasteiger partial charge in [-0.3, -0.25) is 14.5 Å². The molecule has 0 spiro atoms. The number of aromatic nitrogens is 3. The summed E-state index contributed by atoms with van der Waals surface area (Å²) in [6.45, 7) is 3.94. The number of nitrogens with zero attached hydrogens (tertiary/aromatic N) is 3. The lowest BCUT2D eigenvalue weighted by Gasteiger charge is -2.10. The van der Waals surface area contributed by atoms with Crippen LogP contribution in [0.1, 0.15) is 27.3 Å². The first-order valence-corrected chi connectivity index (χ1v) is 10.8. The van der Waals surface area contributed by atoms with E-state index in [0.29, 0.717) is 28.7 Å². The molecule has 0 saturated heterocycles. The van der Waals surface area contributed by atoms with E-state index in [0.717, 1.165) is 5.56 Å². The topological polar surface area (TPSA) is 94.0 Å². The van der Waals surface area contributed by atoms with Gasteiger partial charge in [-0.05, 0) is 31.5 Å². The number of nitrogens with one attached hydrogen (secondary N) is 1. The number of amides is 1. The maximum atomic E-state index is 13.0. The van der Waals surface area contributed by atoms with Crippen LogP contribution in [-0.2, 0) is 16.6 Å². The third-order valence-electron chi connectivity index (χ3n) is 4.94. The summed E-state index contributed by atoms with van der Waals surface area (Å²) in [6, 6.07) is 16.2. The van der Waals surface area contributed by atoms with Gasteiger partial charge in [-0.25, -0.2) is 13.1 Å². The third-order valence-corrected chi connectivity index (χ3v) is 6.33. The monoisotopic (exact) mass is 420 g/mol. The number of hydrogen-bond acceptors (Lipinski definition) is 5. The highest BCUT2D eigenvalue weighted by Crippen LogP contribution is 2.23. The highest BCUT2D eigenvalue weighted by molar-refractivity contribution is 7.90. The van der Waals surface area contributed by atoms with Crippen LogP contribution in [0.2, 0.25) is 0 Å². The van der Waals surface area contributed by atoms with Gasteiger partial charge in [0.05, 0.1) is 22.7 Å². The number of hydrogen-bond donors (Lipinski definition) is 1. The number of carbonyl (C=O) groups is 1. The standard InChI is InChI=1S/C22H20N4O3S/c1-15-21(16(2)26(24-15)14-17-7-4-3-5-8-17)22(27)25-30(28,29)20-10-6-9-18-13-23-12-11-19(18)20/h3-13H,14H2,1-2H3,(H,25,27). The molecule has 0 aliphatic heterocycles. The number of pyridine rings is 1. The molecule has 0 bridgehead atoms. The fraction of sp³-hybridized carbons (Fsp3) is 0.136. The Kier molecular flexibility index (Phi) is 5.09. The van der Waals surface area contributed by atoms with Crippen molar-refractivity contribution < 1.29 is 13.2 Å². The zero-order chi connectivity index (χ0) is 21.3. The Morgan fingerprint density at radius 3 is 2.57 bits per heavy atom. The Morgan fingerprint density at radius 2 is 1.80 bits per heavy atom. The molecule has 152 valence electrons. The largest absolute Gasteiger partial charge is 0.268 e. The Hall–Kier alpha value is -3.52. The minimum atomic E-state index is -4.08. The first-order chi connectivity index (χ1) is 14.4. The maximum absolute atomic E-state index is 13.0. The van der Waals surface area contributed by atoms with Crippen LogP contribution in [0, 0.1) is 13.8 Å². The Labute approximate surface area is 174 Å². The van der Waals surface area contributed by atoms with Crippen LogP contribution in [-0.4, -0.2) is 29.1 Å². The molecule has 0 aliphatic rings. The Balaban J connectivity index is 1.65. The average molecular weight is 420 g/mol. The lowest BCUT2D eigenvalue weighted by atomic mass is 10.2. The lowest BCUT2D eigenvalue weighted by Crippen LogP contribution is -2.31. The molecule has 0 atom stereocenters. The van der Waals surface area contributed by atoms with Crippen LogP contribution < -0.4 is 4.72 Å². The number of aryl methyl sites for hydroxylation is 1. The molecule has 1 amide bonds. The van der Waals surface area contributed by atoms with Crippen molar-refractivity contribution in [1.29, 1.82) is 0 Å². The van der Waals surface area contributed by atoms with E-state index in [1.807, 2.05) is 30.3 Å². The fourth-order valence-electron chi connectivity index (χ4n) is 3.49. The summed E-state index contributed by atoms with van der Waals surface area (Å²) in [5.74, 6) is -0.699. The molecule has 30 heavy (non-hydrogen) atoms. The molecule has 4 rings (SSSR count). The molecule has 4 aromatic rings. The van der Waals surface area contributed by atoms with Crippen molar-refractivity contribution in [2.75, 3.05) is 0 Å². The summed E-state index contributed by atoms with van der Waals surface area (Å²) < 4.78 is 29.8. The number of fused-ring (bicyclic) bond motifs is 1. The van der Waals surface area contributed by atoms with Gasteiger partial charge in [-0.15, -0.1) is 0 Å². The zero-order valence-electron chi connectivity index (χ0n) is 16.5. The molecular weight excluding hydrogens is 400 g/mol. The van der Waals surface area contributed by atoms with Crippen molar-refractivity contribution in [3.63, 3.8) is 0 Å². The summed E-state index contributed by atoms with van der Waals surface area (Å²) in [6.07, 6.45) is 3.10. The molecule has 2 aromatic heterocycles. The number of sulfonamides is 1. The highest BCUT2D eigenvalue weighted by atomic mass is 32.2. The average Bonchev–Trinajstić information content (AvgIpc) is 3.01. The lowest BCUT2D eigenvalue weighted by molar-refractivity contribution is 0.0980. The summed E-state index contributed by atoms with van der Waals surface area (Å²) in [5, 5.41) is 5.61. The molecule has 8 heteroatoms. The van der Waals surface area contributed by atoms with Crippen molar-refractivity contribution in [2.45, 2.75) is 25.3 Å². The molecular formula is C22H20N4O3S. The van der Waals surface area contributed by atoms with Gasteiger partial charge >= 0.3 is 0 Å². The molecule has 0 aliphatic carbocycles. The first-order valence-electron chi connectivity index (χ1n) is 9.34. The van der Waals surface area contributed by atoms with E-state index < -0.39 is 15.9 Å². The van der Waals surface area contributed by atoms with E-state index in [-0.39, 0.29) is 10.5 Å². The summed E-state index contributed by atoms with van der Waals surface area (Å²) in [4.78, 5) is 17.0. The van der Waals surface area contributed by atoms with Gasteiger partial charge in [0.1, 0.15) is 0 Å². The Bertz CT molecular complexity index is 1340. The van der Waals surface area contributed by atoms with Crippen molar-refractivity contribution in [1.82, 2.24) is 19.5 Å². The maximum Gasteiger partial charge on any atom is 0.268 e. The van der Waals surface area contributed by atoms with Gasteiger partial charge in [-0.2, -0.15) is 5.10 Å². The predicted octanol–water partition coefficient (Wildman–Crippen LogP) is 3.22. The van der Waals surface area contributed by atoms with Crippen molar-refractivity contribution in [3.05, 3.63) is 89.5 Å². The van der Waals surface area contributed by atoms with Crippen LogP contribution in [0.5, 0.6) is 0 Å². The molecule has 0 saturated carbocycles. The highest BCUT2D eigenvalue weighted by Gasteiger charge is 2.25.